The fourth-order valence-electron chi connectivity index (χ4n) is 1.79. The number of rotatable bonds is 3. The van der Waals surface area contributed by atoms with Crippen LogP contribution in [0.3, 0.4) is 0 Å². The zero-order valence-corrected chi connectivity index (χ0v) is 9.74. The van der Waals surface area contributed by atoms with E-state index < -0.39 is 17.7 Å². The van der Waals surface area contributed by atoms with Crippen LogP contribution in [0.2, 0.25) is 0 Å². The van der Waals surface area contributed by atoms with Crippen molar-refractivity contribution in [1.82, 2.24) is 0 Å². The van der Waals surface area contributed by atoms with Crippen LogP contribution in [0.15, 0.2) is 42.5 Å². The summed E-state index contributed by atoms with van der Waals surface area (Å²) in [4.78, 5) is 0. The highest BCUT2D eigenvalue weighted by atomic mass is 19.1. The smallest absolute Gasteiger partial charge is 0.131 e. The largest absolute Gasteiger partial charge is 0.326 e. The van der Waals surface area contributed by atoms with Gasteiger partial charge in [-0.2, -0.15) is 0 Å². The summed E-state index contributed by atoms with van der Waals surface area (Å²) in [6.45, 7) is 0.445. The van der Waals surface area contributed by atoms with Crippen molar-refractivity contribution in [3.63, 3.8) is 0 Å². The Morgan fingerprint density at radius 3 is 2.22 bits per heavy atom. The van der Waals surface area contributed by atoms with Gasteiger partial charge >= 0.3 is 0 Å². The van der Waals surface area contributed by atoms with Crippen LogP contribution in [-0.2, 0) is 6.54 Å². The number of hydrogen-bond acceptors (Lipinski definition) is 2. The number of hydrogen-bond donors (Lipinski definition) is 2. The number of benzene rings is 2. The van der Waals surface area contributed by atoms with Crippen molar-refractivity contribution in [2.45, 2.75) is 12.6 Å². The third-order valence-corrected chi connectivity index (χ3v) is 2.87. The molecule has 1 atom stereocenters. The second-order valence-electron chi connectivity index (χ2n) is 4.09. The van der Waals surface area contributed by atoms with E-state index in [1.54, 1.807) is 12.1 Å². The Kier molecular flexibility index (Phi) is 3.69. The normalized spacial score (nSPS) is 12.4. The van der Waals surface area contributed by atoms with Gasteiger partial charge in [-0.3, -0.25) is 0 Å². The molecule has 0 bridgehead atoms. The summed E-state index contributed by atoms with van der Waals surface area (Å²) in [5.74, 6) is -1.24. The number of nitrogens with two attached hydrogens (primary N) is 2. The van der Waals surface area contributed by atoms with Gasteiger partial charge in [-0.25, -0.2) is 8.78 Å². The lowest BCUT2D eigenvalue weighted by atomic mass is 9.98. The molecule has 0 aromatic heterocycles. The first-order chi connectivity index (χ1) is 8.61. The minimum atomic E-state index is -0.634. The maximum Gasteiger partial charge on any atom is 0.131 e. The summed E-state index contributed by atoms with van der Waals surface area (Å²) in [7, 11) is 0. The minimum Gasteiger partial charge on any atom is -0.326 e. The monoisotopic (exact) mass is 248 g/mol. The first-order valence-corrected chi connectivity index (χ1v) is 5.61. The Morgan fingerprint density at radius 1 is 1.00 bits per heavy atom. The molecule has 18 heavy (non-hydrogen) atoms. The van der Waals surface area contributed by atoms with Gasteiger partial charge in [0.15, 0.2) is 0 Å². The van der Waals surface area contributed by atoms with Crippen molar-refractivity contribution < 1.29 is 8.78 Å². The SMILES string of the molecule is NCc1ccc(C(N)c2ccc(F)cc2F)cc1. The van der Waals surface area contributed by atoms with Crippen molar-refractivity contribution >= 4 is 0 Å². The Labute approximate surface area is 104 Å². The molecule has 0 amide bonds. The van der Waals surface area contributed by atoms with Crippen LogP contribution < -0.4 is 11.5 Å². The first-order valence-electron chi connectivity index (χ1n) is 5.61. The van der Waals surface area contributed by atoms with E-state index in [1.165, 1.54) is 12.1 Å². The van der Waals surface area contributed by atoms with Gasteiger partial charge in [0.2, 0.25) is 0 Å². The second-order valence-corrected chi connectivity index (χ2v) is 4.09. The zero-order chi connectivity index (χ0) is 13.1. The lowest BCUT2D eigenvalue weighted by Gasteiger charge is -2.14. The average Bonchev–Trinajstić information content (AvgIpc) is 2.38. The van der Waals surface area contributed by atoms with Crippen LogP contribution in [0.1, 0.15) is 22.7 Å². The summed E-state index contributed by atoms with van der Waals surface area (Å²) in [6.07, 6.45) is 0. The summed E-state index contributed by atoms with van der Waals surface area (Å²) < 4.78 is 26.4. The van der Waals surface area contributed by atoms with Gasteiger partial charge in [0.05, 0.1) is 6.04 Å². The zero-order valence-electron chi connectivity index (χ0n) is 9.74. The standard InChI is InChI=1S/C14H14F2N2/c15-11-5-6-12(13(16)7-11)14(18)10-3-1-9(8-17)2-4-10/h1-7,14H,8,17-18H2. The van der Waals surface area contributed by atoms with E-state index in [9.17, 15) is 8.78 Å². The molecule has 4 N–H and O–H groups in total. The third-order valence-electron chi connectivity index (χ3n) is 2.87. The first kappa shape index (κ1) is 12.7. The Hall–Kier alpha value is -1.78. The van der Waals surface area contributed by atoms with E-state index in [-0.39, 0.29) is 5.56 Å². The van der Waals surface area contributed by atoms with Gasteiger partial charge in [0.25, 0.3) is 0 Å². The Balaban J connectivity index is 2.31. The highest BCUT2D eigenvalue weighted by molar-refractivity contribution is 5.34. The van der Waals surface area contributed by atoms with Crippen molar-refractivity contribution in [3.05, 3.63) is 70.8 Å². The molecule has 94 valence electrons. The van der Waals surface area contributed by atoms with E-state index >= 15 is 0 Å². The highest BCUT2D eigenvalue weighted by Gasteiger charge is 2.14. The summed E-state index contributed by atoms with van der Waals surface area (Å²) >= 11 is 0. The molecule has 1 unspecified atom stereocenters. The van der Waals surface area contributed by atoms with Gasteiger partial charge in [-0.15, -0.1) is 0 Å². The van der Waals surface area contributed by atoms with Crippen LogP contribution in [0, 0.1) is 11.6 Å². The molecule has 2 nitrogen and oxygen atoms in total. The predicted octanol–water partition coefficient (Wildman–Crippen LogP) is 2.47. The Morgan fingerprint density at radius 2 is 1.67 bits per heavy atom. The minimum absolute atomic E-state index is 0.275. The van der Waals surface area contributed by atoms with Gasteiger partial charge in [-0.05, 0) is 17.2 Å². The topological polar surface area (TPSA) is 52.0 Å². The lowest BCUT2D eigenvalue weighted by Crippen LogP contribution is -2.14. The molecule has 0 aliphatic rings. The van der Waals surface area contributed by atoms with Crippen LogP contribution in [-0.4, -0.2) is 0 Å². The van der Waals surface area contributed by atoms with Gasteiger partial charge in [0, 0.05) is 18.2 Å². The quantitative estimate of drug-likeness (QED) is 0.876. The molecule has 2 rings (SSSR count). The average molecular weight is 248 g/mol. The fraction of sp³-hybridized carbons (Fsp3) is 0.143. The molecular weight excluding hydrogens is 234 g/mol. The van der Waals surface area contributed by atoms with Gasteiger partial charge < -0.3 is 11.5 Å². The summed E-state index contributed by atoms with van der Waals surface area (Å²) in [5.41, 5.74) is 13.5. The van der Waals surface area contributed by atoms with Crippen molar-refractivity contribution in [1.29, 1.82) is 0 Å². The van der Waals surface area contributed by atoms with E-state index in [0.717, 1.165) is 17.2 Å². The molecular formula is C14H14F2N2. The fourth-order valence-corrected chi connectivity index (χ4v) is 1.79. The Bertz CT molecular complexity index is 538. The van der Waals surface area contributed by atoms with E-state index in [4.69, 9.17) is 11.5 Å². The molecule has 0 aliphatic carbocycles. The number of halogens is 2. The third kappa shape index (κ3) is 2.55. The molecule has 0 spiro atoms. The van der Waals surface area contributed by atoms with Crippen LogP contribution >= 0.6 is 0 Å². The van der Waals surface area contributed by atoms with Crippen LogP contribution in [0.25, 0.3) is 0 Å². The van der Waals surface area contributed by atoms with Gasteiger partial charge in [-0.1, -0.05) is 30.3 Å². The molecule has 0 fully saturated rings. The van der Waals surface area contributed by atoms with Crippen LogP contribution in [0.5, 0.6) is 0 Å². The highest BCUT2D eigenvalue weighted by Crippen LogP contribution is 2.23. The van der Waals surface area contributed by atoms with E-state index in [2.05, 4.69) is 0 Å². The lowest BCUT2D eigenvalue weighted by molar-refractivity contribution is 0.566. The maximum absolute atomic E-state index is 13.6. The second kappa shape index (κ2) is 5.25. The molecule has 2 aromatic carbocycles. The maximum atomic E-state index is 13.6. The molecule has 0 heterocycles. The summed E-state index contributed by atoms with van der Waals surface area (Å²) in [6, 6.07) is 10.1. The van der Waals surface area contributed by atoms with Gasteiger partial charge in [0.1, 0.15) is 11.6 Å². The molecule has 0 aliphatic heterocycles. The molecule has 2 aromatic rings. The van der Waals surface area contributed by atoms with Crippen molar-refractivity contribution in [2.24, 2.45) is 11.5 Å². The van der Waals surface area contributed by atoms with Crippen molar-refractivity contribution in [3.8, 4) is 0 Å². The predicted molar refractivity (Wildman–Crippen MR) is 66.7 cm³/mol. The van der Waals surface area contributed by atoms with E-state index in [1.807, 2.05) is 12.1 Å². The van der Waals surface area contributed by atoms with E-state index in [0.29, 0.717) is 6.54 Å². The molecule has 4 heteroatoms. The molecule has 0 radical (unpaired) electrons. The van der Waals surface area contributed by atoms with Crippen molar-refractivity contribution in [2.75, 3.05) is 0 Å². The van der Waals surface area contributed by atoms with Crippen LogP contribution in [0.4, 0.5) is 8.78 Å². The molecule has 0 saturated carbocycles. The molecule has 0 saturated heterocycles. The summed E-state index contributed by atoms with van der Waals surface area (Å²) in [5, 5.41) is 0.